The van der Waals surface area contributed by atoms with Crippen molar-refractivity contribution < 1.29 is 9.53 Å². The van der Waals surface area contributed by atoms with E-state index in [1.807, 2.05) is 18.2 Å². The van der Waals surface area contributed by atoms with Crippen LogP contribution in [0.4, 0.5) is 0 Å². The van der Waals surface area contributed by atoms with Gasteiger partial charge in [0.2, 0.25) is 0 Å². The monoisotopic (exact) mass is 230 g/mol. The van der Waals surface area contributed by atoms with E-state index < -0.39 is 6.04 Å². The van der Waals surface area contributed by atoms with Gasteiger partial charge < -0.3 is 10.5 Å². The van der Waals surface area contributed by atoms with E-state index in [2.05, 4.69) is 4.98 Å². The Labute approximate surface area is 99.4 Å². The molecule has 1 aromatic heterocycles. The number of pyridine rings is 1. The predicted molar refractivity (Wildman–Crippen MR) is 65.9 cm³/mol. The highest BCUT2D eigenvalue weighted by molar-refractivity contribution is 6.09. The van der Waals surface area contributed by atoms with Gasteiger partial charge in [0.25, 0.3) is 0 Å². The van der Waals surface area contributed by atoms with Gasteiger partial charge in [-0.3, -0.25) is 9.78 Å². The topological polar surface area (TPSA) is 65.2 Å². The minimum atomic E-state index is -0.634. The zero-order chi connectivity index (χ0) is 12.3. The van der Waals surface area contributed by atoms with E-state index in [1.165, 1.54) is 7.11 Å². The van der Waals surface area contributed by atoms with Crippen LogP contribution in [0.2, 0.25) is 0 Å². The molecular formula is C13H14N2O2. The molecule has 88 valence electrons. The number of aromatic nitrogens is 1. The number of ketones is 1. The fraction of sp³-hybridized carbons (Fsp3) is 0.231. The fourth-order valence-corrected chi connectivity index (χ4v) is 1.77. The zero-order valence-electron chi connectivity index (χ0n) is 9.59. The third-order valence-electron chi connectivity index (χ3n) is 2.59. The number of carbonyl (C=O) groups excluding carboxylic acids is 1. The van der Waals surface area contributed by atoms with Crippen molar-refractivity contribution in [2.24, 2.45) is 5.73 Å². The van der Waals surface area contributed by atoms with Crippen LogP contribution in [0.5, 0.6) is 0 Å². The van der Waals surface area contributed by atoms with Crippen molar-refractivity contribution in [3.05, 3.63) is 42.1 Å². The highest BCUT2D eigenvalue weighted by Crippen LogP contribution is 2.17. The molecule has 1 atom stereocenters. The molecule has 2 aromatic rings. The third kappa shape index (κ3) is 2.33. The summed E-state index contributed by atoms with van der Waals surface area (Å²) in [6.45, 7) is 0.218. The molecule has 0 bridgehead atoms. The van der Waals surface area contributed by atoms with Gasteiger partial charge in [-0.05, 0) is 12.1 Å². The highest BCUT2D eigenvalue weighted by atomic mass is 16.5. The Bertz CT molecular complexity index is 534. The van der Waals surface area contributed by atoms with E-state index >= 15 is 0 Å². The summed E-state index contributed by atoms with van der Waals surface area (Å²) in [6, 6.07) is 8.49. The van der Waals surface area contributed by atoms with E-state index in [9.17, 15) is 4.79 Å². The number of fused-ring (bicyclic) bond motifs is 1. The first-order valence-corrected chi connectivity index (χ1v) is 5.36. The molecule has 0 fully saturated rings. The van der Waals surface area contributed by atoms with Gasteiger partial charge in [0.05, 0.1) is 18.2 Å². The lowest BCUT2D eigenvalue weighted by Crippen LogP contribution is -2.34. The molecule has 0 aliphatic rings. The lowest BCUT2D eigenvalue weighted by atomic mass is 10.0. The van der Waals surface area contributed by atoms with Crippen molar-refractivity contribution in [2.75, 3.05) is 13.7 Å². The third-order valence-corrected chi connectivity index (χ3v) is 2.59. The fourth-order valence-electron chi connectivity index (χ4n) is 1.77. The average molecular weight is 230 g/mol. The van der Waals surface area contributed by atoms with E-state index in [1.54, 1.807) is 18.3 Å². The lowest BCUT2D eigenvalue weighted by Gasteiger charge is -2.10. The van der Waals surface area contributed by atoms with Crippen molar-refractivity contribution in [1.82, 2.24) is 4.98 Å². The van der Waals surface area contributed by atoms with Crippen molar-refractivity contribution in [3.63, 3.8) is 0 Å². The van der Waals surface area contributed by atoms with Gasteiger partial charge in [0.15, 0.2) is 5.78 Å². The van der Waals surface area contributed by atoms with Crippen molar-refractivity contribution in [2.45, 2.75) is 6.04 Å². The van der Waals surface area contributed by atoms with Gasteiger partial charge in [0.1, 0.15) is 0 Å². The molecule has 17 heavy (non-hydrogen) atoms. The van der Waals surface area contributed by atoms with Gasteiger partial charge in [-0.15, -0.1) is 0 Å². The second-order valence-electron chi connectivity index (χ2n) is 3.80. The van der Waals surface area contributed by atoms with Crippen LogP contribution in [0.15, 0.2) is 36.5 Å². The molecule has 1 unspecified atom stereocenters. The summed E-state index contributed by atoms with van der Waals surface area (Å²) < 4.78 is 4.90. The largest absolute Gasteiger partial charge is 0.383 e. The van der Waals surface area contributed by atoms with Gasteiger partial charge in [-0.2, -0.15) is 0 Å². The predicted octanol–water partition coefficient (Wildman–Crippen LogP) is 1.39. The van der Waals surface area contributed by atoms with E-state index in [0.717, 1.165) is 10.9 Å². The Morgan fingerprint density at radius 2 is 2.24 bits per heavy atom. The zero-order valence-corrected chi connectivity index (χ0v) is 9.59. The van der Waals surface area contributed by atoms with Gasteiger partial charge >= 0.3 is 0 Å². The van der Waals surface area contributed by atoms with Gasteiger partial charge in [-0.1, -0.05) is 18.2 Å². The molecule has 0 amide bonds. The molecular weight excluding hydrogens is 216 g/mol. The van der Waals surface area contributed by atoms with Crippen molar-refractivity contribution >= 4 is 16.7 Å². The Kier molecular flexibility index (Phi) is 3.46. The Hall–Kier alpha value is -1.78. The normalized spacial score (nSPS) is 12.6. The molecule has 0 aliphatic carbocycles. The molecule has 0 spiro atoms. The summed E-state index contributed by atoms with van der Waals surface area (Å²) in [7, 11) is 1.53. The number of nitrogens with two attached hydrogens (primary N) is 1. The Morgan fingerprint density at radius 3 is 3.00 bits per heavy atom. The number of benzene rings is 1. The minimum absolute atomic E-state index is 0.120. The van der Waals surface area contributed by atoms with Crippen molar-refractivity contribution in [1.29, 1.82) is 0 Å². The van der Waals surface area contributed by atoms with Crippen LogP contribution < -0.4 is 5.73 Å². The summed E-state index contributed by atoms with van der Waals surface area (Å²) in [6.07, 6.45) is 1.70. The standard InChI is InChI=1S/C13H14N2O2/c1-17-8-11(14)13(16)10-4-2-6-12-9(10)5-3-7-15-12/h2-7,11H,8,14H2,1H3. The number of carbonyl (C=O) groups is 1. The van der Waals surface area contributed by atoms with Crippen LogP contribution in [0.3, 0.4) is 0 Å². The van der Waals surface area contributed by atoms with E-state index in [4.69, 9.17) is 10.5 Å². The molecule has 4 heteroatoms. The number of hydrogen-bond donors (Lipinski definition) is 1. The van der Waals surface area contributed by atoms with Crippen molar-refractivity contribution in [3.8, 4) is 0 Å². The molecule has 0 aliphatic heterocycles. The first-order valence-electron chi connectivity index (χ1n) is 5.36. The number of ether oxygens (including phenoxy) is 1. The Balaban J connectivity index is 2.45. The minimum Gasteiger partial charge on any atom is -0.383 e. The number of Topliss-reactive ketones (excluding diaryl/α,β-unsaturated/α-hetero) is 1. The van der Waals surface area contributed by atoms with Gasteiger partial charge in [0, 0.05) is 24.3 Å². The summed E-state index contributed by atoms with van der Waals surface area (Å²) in [4.78, 5) is 16.3. The summed E-state index contributed by atoms with van der Waals surface area (Å²) in [5.74, 6) is -0.120. The number of methoxy groups -OCH3 is 1. The SMILES string of the molecule is COCC(N)C(=O)c1cccc2ncccc12. The van der Waals surface area contributed by atoms with Crippen LogP contribution >= 0.6 is 0 Å². The van der Waals surface area contributed by atoms with Crippen LogP contribution in [-0.4, -0.2) is 30.5 Å². The van der Waals surface area contributed by atoms with E-state index in [-0.39, 0.29) is 12.4 Å². The summed E-state index contributed by atoms with van der Waals surface area (Å²) in [5, 5.41) is 0.826. The first kappa shape index (κ1) is 11.7. The quantitative estimate of drug-likeness (QED) is 0.806. The number of rotatable bonds is 4. The lowest BCUT2D eigenvalue weighted by molar-refractivity contribution is 0.0894. The van der Waals surface area contributed by atoms with Crippen LogP contribution in [0.1, 0.15) is 10.4 Å². The van der Waals surface area contributed by atoms with Crippen LogP contribution in [0, 0.1) is 0 Å². The molecule has 1 heterocycles. The maximum absolute atomic E-state index is 12.1. The number of nitrogens with zero attached hydrogens (tertiary/aromatic N) is 1. The average Bonchev–Trinajstić information content (AvgIpc) is 2.37. The smallest absolute Gasteiger partial charge is 0.182 e. The molecule has 2 N–H and O–H groups in total. The summed E-state index contributed by atoms with van der Waals surface area (Å²) >= 11 is 0. The highest BCUT2D eigenvalue weighted by Gasteiger charge is 2.17. The van der Waals surface area contributed by atoms with Crippen LogP contribution in [-0.2, 0) is 4.74 Å². The molecule has 0 saturated heterocycles. The molecule has 4 nitrogen and oxygen atoms in total. The maximum Gasteiger partial charge on any atom is 0.182 e. The first-order chi connectivity index (χ1) is 8.24. The van der Waals surface area contributed by atoms with E-state index in [0.29, 0.717) is 5.56 Å². The second kappa shape index (κ2) is 5.03. The molecule has 0 saturated carbocycles. The molecule has 1 aromatic carbocycles. The molecule has 2 rings (SSSR count). The summed E-state index contributed by atoms with van der Waals surface area (Å²) in [5.41, 5.74) is 7.15. The second-order valence-corrected chi connectivity index (χ2v) is 3.80. The Morgan fingerprint density at radius 1 is 1.41 bits per heavy atom. The van der Waals surface area contributed by atoms with Crippen LogP contribution in [0.25, 0.3) is 10.9 Å². The molecule has 0 radical (unpaired) electrons. The number of hydrogen-bond acceptors (Lipinski definition) is 4. The van der Waals surface area contributed by atoms with Gasteiger partial charge in [-0.25, -0.2) is 0 Å². The maximum atomic E-state index is 12.1.